The fourth-order valence-corrected chi connectivity index (χ4v) is 8.80. The first-order valence-corrected chi connectivity index (χ1v) is 15.6. The number of carbonyl (C=O) groups excluding carboxylic acids is 2. The molecule has 1 aliphatic rings. The van der Waals surface area contributed by atoms with E-state index in [1.54, 1.807) is 29.2 Å². The molecule has 2 amide bonds. The first-order chi connectivity index (χ1) is 17.3. The number of thioether (sulfide) groups is 1. The number of hydrogen-bond donors (Lipinski definition) is 0. The van der Waals surface area contributed by atoms with Gasteiger partial charge in [-0.15, -0.1) is 11.3 Å². The molecule has 36 heavy (non-hydrogen) atoms. The summed E-state index contributed by atoms with van der Waals surface area (Å²) in [5.74, 6) is 0.0634. The number of thiazole rings is 1. The average Bonchev–Trinajstić information content (AvgIpc) is 3.41. The van der Waals surface area contributed by atoms with E-state index in [1.165, 1.54) is 21.2 Å². The molecule has 1 aliphatic heterocycles. The first-order valence-electron chi connectivity index (χ1n) is 10.6. The molecule has 10 heteroatoms. The second-order valence-corrected chi connectivity index (χ2v) is 13.4. The standard InChI is InChI=1S/C26H12Br4N2O2S2/c27-20-18-19(21(28)23(30)22(20)29)25(34)32(24(18)33)14-8-9-16-17(10-14)36-26(31-16)35-11-13-6-3-5-12-4-1-2-7-15(12)13/h1-10H,11H2. The Morgan fingerprint density at radius 2 is 1.47 bits per heavy atom. The van der Waals surface area contributed by atoms with Crippen molar-refractivity contribution in [2.45, 2.75) is 10.1 Å². The van der Waals surface area contributed by atoms with Crippen molar-refractivity contribution in [3.63, 3.8) is 0 Å². The fraction of sp³-hybridized carbons (Fsp3) is 0.0385. The van der Waals surface area contributed by atoms with Gasteiger partial charge in [0, 0.05) is 23.6 Å². The first kappa shape index (κ1) is 24.8. The molecule has 0 spiro atoms. The molecule has 0 saturated carbocycles. The highest BCUT2D eigenvalue weighted by Gasteiger charge is 2.42. The van der Waals surface area contributed by atoms with Crippen molar-refractivity contribution in [2.75, 3.05) is 4.90 Å². The molecule has 1 aromatic heterocycles. The molecule has 0 atom stereocenters. The quantitative estimate of drug-likeness (QED) is 0.0792. The van der Waals surface area contributed by atoms with Crippen LogP contribution >= 0.6 is 86.8 Å². The third-order valence-electron chi connectivity index (χ3n) is 5.94. The topological polar surface area (TPSA) is 50.3 Å². The number of rotatable bonds is 4. The fourth-order valence-electron chi connectivity index (χ4n) is 4.23. The summed E-state index contributed by atoms with van der Waals surface area (Å²) in [5, 5.41) is 2.47. The number of halogens is 4. The molecule has 0 aliphatic carbocycles. The minimum Gasteiger partial charge on any atom is -0.268 e. The van der Waals surface area contributed by atoms with Crippen molar-refractivity contribution >= 4 is 125 Å². The number of aromatic nitrogens is 1. The third kappa shape index (κ3) is 4.01. The van der Waals surface area contributed by atoms with Crippen LogP contribution in [0.4, 0.5) is 5.69 Å². The number of fused-ring (bicyclic) bond motifs is 3. The van der Waals surface area contributed by atoms with E-state index in [-0.39, 0.29) is 11.8 Å². The Balaban J connectivity index is 1.31. The van der Waals surface area contributed by atoms with Crippen LogP contribution in [-0.2, 0) is 5.75 Å². The predicted octanol–water partition coefficient (Wildman–Crippen LogP) is 9.59. The molecular weight excluding hydrogens is 756 g/mol. The maximum atomic E-state index is 13.4. The van der Waals surface area contributed by atoms with E-state index < -0.39 is 0 Å². The van der Waals surface area contributed by atoms with Crippen molar-refractivity contribution in [1.82, 2.24) is 4.98 Å². The number of nitrogens with zero attached hydrogens (tertiary/aromatic N) is 2. The predicted molar refractivity (Wildman–Crippen MR) is 162 cm³/mol. The van der Waals surface area contributed by atoms with Crippen molar-refractivity contribution in [3.8, 4) is 0 Å². The summed E-state index contributed by atoms with van der Waals surface area (Å²) >= 11 is 17.1. The highest BCUT2D eigenvalue weighted by Crippen LogP contribution is 2.46. The van der Waals surface area contributed by atoms with Gasteiger partial charge in [0.1, 0.15) is 0 Å². The second kappa shape index (κ2) is 9.63. The van der Waals surface area contributed by atoms with Crippen LogP contribution in [0.3, 0.4) is 0 Å². The van der Waals surface area contributed by atoms with E-state index in [2.05, 4.69) is 100 Å². The van der Waals surface area contributed by atoms with E-state index in [0.29, 0.717) is 34.7 Å². The van der Waals surface area contributed by atoms with E-state index in [9.17, 15) is 9.59 Å². The second-order valence-electron chi connectivity index (χ2n) is 8.01. The zero-order valence-electron chi connectivity index (χ0n) is 18.0. The minimum atomic E-state index is -0.370. The largest absolute Gasteiger partial charge is 0.268 e. The number of hydrogen-bond acceptors (Lipinski definition) is 5. The van der Waals surface area contributed by atoms with Gasteiger partial charge in [0.2, 0.25) is 0 Å². The zero-order chi connectivity index (χ0) is 25.1. The van der Waals surface area contributed by atoms with Crippen LogP contribution < -0.4 is 4.90 Å². The van der Waals surface area contributed by atoms with Crippen LogP contribution in [0.15, 0.2) is 82.9 Å². The summed E-state index contributed by atoms with van der Waals surface area (Å²) in [6.45, 7) is 0. The molecule has 5 aromatic rings. The smallest absolute Gasteiger partial charge is 0.267 e. The van der Waals surface area contributed by atoms with Gasteiger partial charge in [-0.2, -0.15) is 0 Å². The van der Waals surface area contributed by atoms with E-state index in [0.717, 1.165) is 20.3 Å². The summed E-state index contributed by atoms with van der Waals surface area (Å²) in [4.78, 5) is 32.7. The van der Waals surface area contributed by atoms with Crippen LogP contribution in [0.25, 0.3) is 21.0 Å². The molecular formula is C26H12Br4N2O2S2. The Morgan fingerprint density at radius 3 is 2.19 bits per heavy atom. The SMILES string of the molecule is O=C1c2c(Br)c(Br)c(Br)c(Br)c2C(=O)N1c1ccc2nc(SCc3cccc4ccccc34)sc2c1. The summed E-state index contributed by atoms with van der Waals surface area (Å²) in [6, 6.07) is 20.2. The molecule has 0 fully saturated rings. The lowest BCUT2D eigenvalue weighted by molar-refractivity contribution is 0.0926. The summed E-state index contributed by atoms with van der Waals surface area (Å²) in [7, 11) is 0. The Morgan fingerprint density at radius 1 is 0.806 bits per heavy atom. The van der Waals surface area contributed by atoms with E-state index in [1.807, 2.05) is 18.2 Å². The third-order valence-corrected chi connectivity index (χ3v) is 12.9. The van der Waals surface area contributed by atoms with E-state index in [4.69, 9.17) is 4.98 Å². The van der Waals surface area contributed by atoms with Gasteiger partial charge < -0.3 is 0 Å². The maximum absolute atomic E-state index is 13.4. The number of benzene rings is 4. The average molecular weight is 768 g/mol. The van der Waals surface area contributed by atoms with Crippen molar-refractivity contribution in [3.05, 3.63) is 95.2 Å². The van der Waals surface area contributed by atoms with E-state index >= 15 is 0 Å². The molecule has 0 bridgehead atoms. The normalized spacial score (nSPS) is 13.3. The molecule has 4 nitrogen and oxygen atoms in total. The van der Waals surface area contributed by atoms with Crippen LogP contribution in [0.5, 0.6) is 0 Å². The highest BCUT2D eigenvalue weighted by atomic mass is 79.9. The molecule has 0 radical (unpaired) electrons. The lowest BCUT2D eigenvalue weighted by atomic mass is 10.1. The molecule has 178 valence electrons. The number of carbonyl (C=O) groups is 2. The molecule has 4 aromatic carbocycles. The Labute approximate surface area is 248 Å². The maximum Gasteiger partial charge on any atom is 0.267 e. The highest BCUT2D eigenvalue weighted by molar-refractivity contribution is 9.15. The summed E-state index contributed by atoms with van der Waals surface area (Å²) in [5.41, 5.74) is 3.29. The monoisotopic (exact) mass is 764 g/mol. The van der Waals surface area contributed by atoms with Gasteiger partial charge in [0.15, 0.2) is 4.34 Å². The van der Waals surface area contributed by atoms with Gasteiger partial charge in [-0.05, 0) is 98.3 Å². The van der Waals surface area contributed by atoms with Gasteiger partial charge in [0.05, 0.1) is 27.0 Å². The lowest BCUT2D eigenvalue weighted by Gasteiger charge is -2.13. The molecule has 2 heterocycles. The van der Waals surface area contributed by atoms with Crippen molar-refractivity contribution in [1.29, 1.82) is 0 Å². The molecule has 0 N–H and O–H groups in total. The van der Waals surface area contributed by atoms with Gasteiger partial charge in [0.25, 0.3) is 11.8 Å². The molecule has 0 saturated heterocycles. The Kier molecular flexibility index (Phi) is 6.63. The van der Waals surface area contributed by atoms with Gasteiger partial charge >= 0.3 is 0 Å². The summed E-state index contributed by atoms with van der Waals surface area (Å²) < 4.78 is 4.28. The minimum absolute atomic E-state index is 0.331. The lowest BCUT2D eigenvalue weighted by Crippen LogP contribution is -2.29. The van der Waals surface area contributed by atoms with Crippen LogP contribution in [0.2, 0.25) is 0 Å². The number of anilines is 1. The van der Waals surface area contributed by atoms with Crippen molar-refractivity contribution < 1.29 is 9.59 Å². The van der Waals surface area contributed by atoms with Gasteiger partial charge in [-0.1, -0.05) is 54.2 Å². The Hall–Kier alpha value is -1.56. The van der Waals surface area contributed by atoms with Gasteiger partial charge in [-0.3, -0.25) is 9.59 Å². The van der Waals surface area contributed by atoms with Gasteiger partial charge in [-0.25, -0.2) is 9.88 Å². The molecule has 0 unspecified atom stereocenters. The van der Waals surface area contributed by atoms with Crippen LogP contribution in [0, 0.1) is 0 Å². The Bertz CT molecular complexity index is 1700. The number of imide groups is 1. The van der Waals surface area contributed by atoms with Crippen LogP contribution in [-0.4, -0.2) is 16.8 Å². The number of amides is 2. The summed E-state index contributed by atoms with van der Waals surface area (Å²) in [6.07, 6.45) is 0. The van der Waals surface area contributed by atoms with Crippen molar-refractivity contribution in [2.24, 2.45) is 0 Å². The van der Waals surface area contributed by atoms with Crippen LogP contribution in [0.1, 0.15) is 26.3 Å². The zero-order valence-corrected chi connectivity index (χ0v) is 26.0. The molecule has 6 rings (SSSR count).